The number of nitrogens with two attached hydrogens (primary N) is 1. The highest BCUT2D eigenvalue weighted by Gasteiger charge is 2.21. The molecule has 0 heterocycles. The average molecular weight is 282 g/mol. The number of thiocarbonyl (C=S) groups is 1. The van der Waals surface area contributed by atoms with Crippen molar-refractivity contribution in [3.05, 3.63) is 35.1 Å². The molecule has 3 N–H and O–H groups in total. The summed E-state index contributed by atoms with van der Waals surface area (Å²) >= 11 is 4.86. The van der Waals surface area contributed by atoms with Crippen LogP contribution in [-0.4, -0.2) is 10.9 Å². The number of aryl methyl sites for hydroxylation is 1. The van der Waals surface area contributed by atoms with E-state index in [1.54, 1.807) is 26.0 Å². The number of nitrogens with one attached hydrogen (secondary N) is 1. The smallest absolute Gasteiger partial charge is 0.230 e. The van der Waals surface area contributed by atoms with Crippen LogP contribution in [0.2, 0.25) is 0 Å². The van der Waals surface area contributed by atoms with Gasteiger partial charge in [0.25, 0.3) is 0 Å². The number of benzene rings is 1. The van der Waals surface area contributed by atoms with Gasteiger partial charge in [-0.05, 0) is 37.5 Å². The van der Waals surface area contributed by atoms with Crippen LogP contribution >= 0.6 is 12.2 Å². The van der Waals surface area contributed by atoms with Gasteiger partial charge in [0.1, 0.15) is 5.82 Å². The van der Waals surface area contributed by atoms with E-state index in [0.717, 1.165) is 0 Å². The van der Waals surface area contributed by atoms with E-state index in [-0.39, 0.29) is 22.8 Å². The molecular formula is C14H19FN2OS. The predicted molar refractivity (Wildman–Crippen MR) is 78.3 cm³/mol. The Morgan fingerprint density at radius 1 is 1.53 bits per heavy atom. The van der Waals surface area contributed by atoms with E-state index < -0.39 is 5.92 Å². The van der Waals surface area contributed by atoms with E-state index in [9.17, 15) is 9.18 Å². The second-order valence-corrected chi connectivity index (χ2v) is 5.07. The summed E-state index contributed by atoms with van der Waals surface area (Å²) in [6, 6.07) is 4.64. The highest BCUT2D eigenvalue weighted by Crippen LogP contribution is 2.17. The normalized spacial score (nSPS) is 13.7. The van der Waals surface area contributed by atoms with Gasteiger partial charge in [0.2, 0.25) is 5.91 Å². The lowest BCUT2D eigenvalue weighted by atomic mass is 10.0. The van der Waals surface area contributed by atoms with Gasteiger partial charge in [0.15, 0.2) is 0 Å². The first-order valence-corrected chi connectivity index (χ1v) is 6.63. The first-order chi connectivity index (χ1) is 8.86. The lowest BCUT2D eigenvalue weighted by Crippen LogP contribution is -2.38. The SMILES string of the molecule is CCC(C(=O)NC(C)c1ccc(C)c(F)c1)C(N)=S. The number of hydrogen-bond acceptors (Lipinski definition) is 2. The molecule has 0 aliphatic rings. The van der Waals surface area contributed by atoms with Crippen molar-refractivity contribution in [3.63, 3.8) is 0 Å². The zero-order chi connectivity index (χ0) is 14.6. The summed E-state index contributed by atoms with van der Waals surface area (Å²) in [6.45, 7) is 5.34. The van der Waals surface area contributed by atoms with Crippen molar-refractivity contribution < 1.29 is 9.18 Å². The molecule has 1 amide bonds. The minimum absolute atomic E-state index is 0.183. The van der Waals surface area contributed by atoms with E-state index in [0.29, 0.717) is 17.5 Å². The Labute approximate surface area is 118 Å². The van der Waals surface area contributed by atoms with E-state index in [1.807, 2.05) is 6.92 Å². The Morgan fingerprint density at radius 3 is 2.63 bits per heavy atom. The third-order valence-electron chi connectivity index (χ3n) is 3.12. The van der Waals surface area contributed by atoms with E-state index >= 15 is 0 Å². The fourth-order valence-electron chi connectivity index (χ4n) is 1.79. The second kappa shape index (κ2) is 6.61. The molecule has 0 saturated heterocycles. The first-order valence-electron chi connectivity index (χ1n) is 6.22. The van der Waals surface area contributed by atoms with Gasteiger partial charge in [0.05, 0.1) is 16.9 Å². The van der Waals surface area contributed by atoms with Crippen LogP contribution in [0.1, 0.15) is 37.4 Å². The molecule has 0 aliphatic heterocycles. The van der Waals surface area contributed by atoms with Crippen molar-refractivity contribution in [2.45, 2.75) is 33.2 Å². The number of carbonyl (C=O) groups is 1. The number of amides is 1. The Hall–Kier alpha value is -1.49. The van der Waals surface area contributed by atoms with Gasteiger partial charge in [-0.2, -0.15) is 0 Å². The van der Waals surface area contributed by atoms with E-state index in [4.69, 9.17) is 18.0 Å². The molecule has 2 atom stereocenters. The summed E-state index contributed by atoms with van der Waals surface area (Å²) in [7, 11) is 0. The first kappa shape index (κ1) is 15.6. The highest BCUT2D eigenvalue weighted by atomic mass is 32.1. The van der Waals surface area contributed by atoms with Crippen molar-refractivity contribution in [1.82, 2.24) is 5.32 Å². The zero-order valence-corrected chi connectivity index (χ0v) is 12.2. The van der Waals surface area contributed by atoms with E-state index in [2.05, 4.69) is 5.32 Å². The number of rotatable bonds is 5. The van der Waals surface area contributed by atoms with Crippen molar-refractivity contribution >= 4 is 23.1 Å². The molecule has 1 aromatic rings. The van der Waals surface area contributed by atoms with E-state index in [1.165, 1.54) is 6.07 Å². The van der Waals surface area contributed by atoms with Crippen LogP contribution in [0.25, 0.3) is 0 Å². The van der Waals surface area contributed by atoms with Crippen LogP contribution in [0.3, 0.4) is 0 Å². The van der Waals surface area contributed by atoms with Gasteiger partial charge in [-0.1, -0.05) is 31.3 Å². The number of halogens is 1. The summed E-state index contributed by atoms with van der Waals surface area (Å²) in [5.74, 6) is -0.976. The summed E-state index contributed by atoms with van der Waals surface area (Å²) in [5, 5.41) is 2.80. The van der Waals surface area contributed by atoms with Crippen molar-refractivity contribution in [3.8, 4) is 0 Å². The average Bonchev–Trinajstić information content (AvgIpc) is 2.32. The molecule has 0 aliphatic carbocycles. The maximum Gasteiger partial charge on any atom is 0.230 e. The lowest BCUT2D eigenvalue weighted by Gasteiger charge is -2.19. The fourth-order valence-corrected chi connectivity index (χ4v) is 2.07. The topological polar surface area (TPSA) is 55.1 Å². The summed E-state index contributed by atoms with van der Waals surface area (Å²) in [4.78, 5) is 12.2. The van der Waals surface area contributed by atoms with Crippen LogP contribution in [-0.2, 0) is 4.79 Å². The molecular weight excluding hydrogens is 263 g/mol. The molecule has 0 saturated carbocycles. The molecule has 0 radical (unpaired) electrons. The Balaban J connectivity index is 2.78. The molecule has 1 rings (SSSR count). The van der Waals surface area contributed by atoms with Crippen LogP contribution in [0.5, 0.6) is 0 Å². The molecule has 0 aromatic heterocycles. The third-order valence-corrected chi connectivity index (χ3v) is 3.41. The largest absolute Gasteiger partial charge is 0.393 e. The van der Waals surface area contributed by atoms with Gasteiger partial charge < -0.3 is 11.1 Å². The minimum Gasteiger partial charge on any atom is -0.393 e. The van der Waals surface area contributed by atoms with Crippen LogP contribution in [0.15, 0.2) is 18.2 Å². The Bertz CT molecular complexity index is 490. The lowest BCUT2D eigenvalue weighted by molar-refractivity contribution is -0.123. The molecule has 0 fully saturated rings. The fraction of sp³-hybridized carbons (Fsp3) is 0.429. The molecule has 3 nitrogen and oxygen atoms in total. The molecule has 5 heteroatoms. The van der Waals surface area contributed by atoms with Gasteiger partial charge in [-0.3, -0.25) is 4.79 Å². The number of carbonyl (C=O) groups excluding carboxylic acids is 1. The van der Waals surface area contributed by atoms with Crippen LogP contribution in [0, 0.1) is 18.7 Å². The summed E-state index contributed by atoms with van der Waals surface area (Å²) in [6.07, 6.45) is 0.552. The van der Waals surface area contributed by atoms with Gasteiger partial charge in [-0.15, -0.1) is 0 Å². The summed E-state index contributed by atoms with van der Waals surface area (Å²) < 4.78 is 13.5. The quantitative estimate of drug-likeness (QED) is 0.816. The Kier molecular flexibility index (Phi) is 5.42. The second-order valence-electron chi connectivity index (χ2n) is 4.60. The van der Waals surface area contributed by atoms with Crippen molar-refractivity contribution in [2.24, 2.45) is 11.7 Å². The van der Waals surface area contributed by atoms with Crippen LogP contribution < -0.4 is 11.1 Å². The Morgan fingerprint density at radius 2 is 2.16 bits per heavy atom. The summed E-state index contributed by atoms with van der Waals surface area (Å²) in [5.41, 5.74) is 6.81. The predicted octanol–water partition coefficient (Wildman–Crippen LogP) is 2.62. The molecule has 1 aromatic carbocycles. The third kappa shape index (κ3) is 3.99. The molecule has 0 spiro atoms. The maximum absolute atomic E-state index is 13.5. The van der Waals surface area contributed by atoms with Crippen LogP contribution in [0.4, 0.5) is 4.39 Å². The maximum atomic E-state index is 13.5. The molecule has 2 unspecified atom stereocenters. The monoisotopic (exact) mass is 282 g/mol. The minimum atomic E-state index is -0.479. The molecule has 104 valence electrons. The molecule has 19 heavy (non-hydrogen) atoms. The van der Waals surface area contributed by atoms with Gasteiger partial charge in [0, 0.05) is 0 Å². The van der Waals surface area contributed by atoms with Gasteiger partial charge in [-0.25, -0.2) is 4.39 Å². The highest BCUT2D eigenvalue weighted by molar-refractivity contribution is 7.80. The number of hydrogen-bond donors (Lipinski definition) is 2. The van der Waals surface area contributed by atoms with Crippen molar-refractivity contribution in [2.75, 3.05) is 0 Å². The standard InChI is InChI=1S/C14H19FN2OS/c1-4-11(13(16)19)14(18)17-9(3)10-6-5-8(2)12(15)7-10/h5-7,9,11H,4H2,1-3H3,(H2,16,19)(H,17,18). The van der Waals surface area contributed by atoms with Gasteiger partial charge >= 0.3 is 0 Å². The molecule has 0 bridgehead atoms. The zero-order valence-electron chi connectivity index (χ0n) is 11.4. The van der Waals surface area contributed by atoms with Crippen molar-refractivity contribution in [1.29, 1.82) is 0 Å².